The molecule has 1 aromatic heterocycles. The molecule has 84 valence electrons. The van der Waals surface area contributed by atoms with Crippen molar-refractivity contribution in [2.45, 2.75) is 32.6 Å². The highest BCUT2D eigenvalue weighted by atomic mass is 35.5. The molecular formula is C11H16ClNOS. The normalized spacial score (nSPS) is 10.3. The van der Waals surface area contributed by atoms with Gasteiger partial charge in [0.2, 0.25) is 5.91 Å². The van der Waals surface area contributed by atoms with Crippen LogP contribution >= 0.6 is 22.9 Å². The molecule has 15 heavy (non-hydrogen) atoms. The van der Waals surface area contributed by atoms with Gasteiger partial charge in [0.25, 0.3) is 0 Å². The van der Waals surface area contributed by atoms with Crippen LogP contribution in [0.15, 0.2) is 12.1 Å². The lowest BCUT2D eigenvalue weighted by molar-refractivity contribution is -0.121. The number of thiophene rings is 1. The number of halogens is 1. The van der Waals surface area contributed by atoms with E-state index in [2.05, 4.69) is 12.2 Å². The standard InChI is InChI=1S/C11H16ClNOS/c1-2-3-4-11(14)13-8-7-9-5-6-10(12)15-9/h5-6H,2-4,7-8H2,1H3,(H,13,14). The van der Waals surface area contributed by atoms with E-state index in [0.29, 0.717) is 13.0 Å². The Balaban J connectivity index is 2.13. The number of carbonyl (C=O) groups is 1. The molecule has 0 atom stereocenters. The van der Waals surface area contributed by atoms with Gasteiger partial charge >= 0.3 is 0 Å². The van der Waals surface area contributed by atoms with Gasteiger partial charge in [-0.3, -0.25) is 4.79 Å². The maximum atomic E-state index is 11.3. The van der Waals surface area contributed by atoms with Gasteiger partial charge < -0.3 is 5.32 Å². The van der Waals surface area contributed by atoms with E-state index >= 15 is 0 Å². The molecule has 0 aromatic carbocycles. The summed E-state index contributed by atoms with van der Waals surface area (Å²) in [5.74, 6) is 0.152. The average molecular weight is 246 g/mol. The molecule has 0 radical (unpaired) electrons. The van der Waals surface area contributed by atoms with Gasteiger partial charge in [0.1, 0.15) is 0 Å². The summed E-state index contributed by atoms with van der Waals surface area (Å²) in [4.78, 5) is 12.5. The van der Waals surface area contributed by atoms with Crippen LogP contribution in [0.1, 0.15) is 31.1 Å². The van der Waals surface area contributed by atoms with E-state index in [4.69, 9.17) is 11.6 Å². The average Bonchev–Trinajstić information content (AvgIpc) is 2.61. The van der Waals surface area contributed by atoms with Crippen molar-refractivity contribution >= 4 is 28.8 Å². The molecular weight excluding hydrogens is 230 g/mol. The summed E-state index contributed by atoms with van der Waals surface area (Å²) in [5.41, 5.74) is 0. The summed E-state index contributed by atoms with van der Waals surface area (Å²) in [6, 6.07) is 3.89. The number of carbonyl (C=O) groups excluding carboxylic acids is 1. The summed E-state index contributed by atoms with van der Waals surface area (Å²) in [6.07, 6.45) is 3.54. The van der Waals surface area contributed by atoms with Crippen molar-refractivity contribution in [2.24, 2.45) is 0 Å². The minimum Gasteiger partial charge on any atom is -0.356 e. The second-order valence-corrected chi connectivity index (χ2v) is 5.21. The predicted molar refractivity (Wildman–Crippen MR) is 65.6 cm³/mol. The molecule has 0 saturated carbocycles. The smallest absolute Gasteiger partial charge is 0.220 e. The van der Waals surface area contributed by atoms with Crippen LogP contribution in [0.5, 0.6) is 0 Å². The Morgan fingerprint density at radius 2 is 2.33 bits per heavy atom. The van der Waals surface area contributed by atoms with E-state index in [9.17, 15) is 4.79 Å². The number of rotatable bonds is 6. The zero-order chi connectivity index (χ0) is 11.1. The topological polar surface area (TPSA) is 29.1 Å². The molecule has 1 N–H and O–H groups in total. The summed E-state index contributed by atoms with van der Waals surface area (Å²) in [6.45, 7) is 2.79. The van der Waals surface area contributed by atoms with E-state index in [1.807, 2.05) is 12.1 Å². The van der Waals surface area contributed by atoms with Crippen LogP contribution in [0.2, 0.25) is 4.34 Å². The minimum atomic E-state index is 0.152. The summed E-state index contributed by atoms with van der Waals surface area (Å²) < 4.78 is 0.808. The van der Waals surface area contributed by atoms with Crippen LogP contribution in [0.3, 0.4) is 0 Å². The SMILES string of the molecule is CCCCC(=O)NCCc1ccc(Cl)s1. The summed E-state index contributed by atoms with van der Waals surface area (Å²) in [5, 5.41) is 2.90. The van der Waals surface area contributed by atoms with E-state index < -0.39 is 0 Å². The second-order valence-electron chi connectivity index (χ2n) is 3.41. The van der Waals surface area contributed by atoms with Crippen molar-refractivity contribution < 1.29 is 4.79 Å². The van der Waals surface area contributed by atoms with Crippen molar-refractivity contribution in [1.29, 1.82) is 0 Å². The molecule has 0 aliphatic rings. The number of hydrogen-bond donors (Lipinski definition) is 1. The van der Waals surface area contributed by atoms with Crippen LogP contribution in [0, 0.1) is 0 Å². The Hall–Kier alpha value is -0.540. The molecule has 0 aliphatic heterocycles. The van der Waals surface area contributed by atoms with Gasteiger partial charge in [-0.1, -0.05) is 24.9 Å². The summed E-state index contributed by atoms with van der Waals surface area (Å²) >= 11 is 7.37. The van der Waals surface area contributed by atoms with E-state index in [1.54, 1.807) is 11.3 Å². The van der Waals surface area contributed by atoms with E-state index in [1.165, 1.54) is 4.88 Å². The minimum absolute atomic E-state index is 0.152. The first-order valence-electron chi connectivity index (χ1n) is 5.23. The van der Waals surface area contributed by atoms with E-state index in [0.717, 1.165) is 23.6 Å². The van der Waals surface area contributed by atoms with Crippen molar-refractivity contribution in [3.05, 3.63) is 21.3 Å². The highest BCUT2D eigenvalue weighted by molar-refractivity contribution is 7.16. The number of hydrogen-bond acceptors (Lipinski definition) is 2. The lowest BCUT2D eigenvalue weighted by atomic mass is 10.2. The third-order valence-electron chi connectivity index (χ3n) is 2.08. The molecule has 1 rings (SSSR count). The molecule has 0 aliphatic carbocycles. The molecule has 1 amide bonds. The fourth-order valence-corrected chi connectivity index (χ4v) is 2.32. The van der Waals surface area contributed by atoms with Gasteiger partial charge in [-0.15, -0.1) is 11.3 Å². The van der Waals surface area contributed by atoms with Gasteiger partial charge in [0.05, 0.1) is 4.34 Å². The fraction of sp³-hybridized carbons (Fsp3) is 0.545. The van der Waals surface area contributed by atoms with Crippen molar-refractivity contribution in [1.82, 2.24) is 5.32 Å². The van der Waals surface area contributed by atoms with Crippen molar-refractivity contribution in [2.75, 3.05) is 6.54 Å². The number of amides is 1. The number of unbranched alkanes of at least 4 members (excludes halogenated alkanes) is 1. The highest BCUT2D eigenvalue weighted by Gasteiger charge is 2.01. The summed E-state index contributed by atoms with van der Waals surface area (Å²) in [7, 11) is 0. The first-order chi connectivity index (χ1) is 7.22. The van der Waals surface area contributed by atoms with Gasteiger partial charge in [0.15, 0.2) is 0 Å². The van der Waals surface area contributed by atoms with Crippen molar-refractivity contribution in [3.63, 3.8) is 0 Å². The van der Waals surface area contributed by atoms with E-state index in [-0.39, 0.29) is 5.91 Å². The molecule has 1 aromatic rings. The maximum absolute atomic E-state index is 11.3. The molecule has 0 bridgehead atoms. The van der Waals surface area contributed by atoms with Gasteiger partial charge in [0, 0.05) is 17.8 Å². The van der Waals surface area contributed by atoms with Crippen LogP contribution in [0.4, 0.5) is 0 Å². The molecule has 2 nitrogen and oxygen atoms in total. The van der Waals surface area contributed by atoms with Crippen LogP contribution in [0.25, 0.3) is 0 Å². The zero-order valence-electron chi connectivity index (χ0n) is 8.88. The molecule has 0 unspecified atom stereocenters. The van der Waals surface area contributed by atoms with Crippen LogP contribution < -0.4 is 5.32 Å². The third-order valence-corrected chi connectivity index (χ3v) is 3.37. The Bertz CT molecular complexity index is 311. The maximum Gasteiger partial charge on any atom is 0.220 e. The van der Waals surface area contributed by atoms with Crippen LogP contribution in [-0.4, -0.2) is 12.5 Å². The first kappa shape index (κ1) is 12.5. The highest BCUT2D eigenvalue weighted by Crippen LogP contribution is 2.21. The molecule has 4 heteroatoms. The zero-order valence-corrected chi connectivity index (χ0v) is 10.5. The van der Waals surface area contributed by atoms with Gasteiger partial charge in [-0.25, -0.2) is 0 Å². The van der Waals surface area contributed by atoms with Crippen LogP contribution in [-0.2, 0) is 11.2 Å². The first-order valence-corrected chi connectivity index (χ1v) is 6.42. The Kier molecular flexibility index (Phi) is 5.73. The Labute approximate surface area is 99.6 Å². The quantitative estimate of drug-likeness (QED) is 0.819. The van der Waals surface area contributed by atoms with Gasteiger partial charge in [-0.2, -0.15) is 0 Å². The Morgan fingerprint density at radius 3 is 2.93 bits per heavy atom. The molecule has 0 spiro atoms. The third kappa shape index (κ3) is 5.19. The lowest BCUT2D eigenvalue weighted by Crippen LogP contribution is -2.25. The monoisotopic (exact) mass is 245 g/mol. The van der Waals surface area contributed by atoms with Crippen molar-refractivity contribution in [3.8, 4) is 0 Å². The molecule has 1 heterocycles. The molecule has 0 saturated heterocycles. The second kappa shape index (κ2) is 6.85. The Morgan fingerprint density at radius 1 is 1.53 bits per heavy atom. The largest absolute Gasteiger partial charge is 0.356 e. The lowest BCUT2D eigenvalue weighted by Gasteiger charge is -2.02. The van der Waals surface area contributed by atoms with Gasteiger partial charge in [-0.05, 0) is 25.0 Å². The number of nitrogens with one attached hydrogen (secondary N) is 1. The fourth-order valence-electron chi connectivity index (χ4n) is 1.24. The predicted octanol–water partition coefficient (Wildman–Crippen LogP) is 3.25. The molecule has 0 fully saturated rings.